The van der Waals surface area contributed by atoms with Crippen LogP contribution in [0.4, 0.5) is 11.6 Å². The fourth-order valence-electron chi connectivity index (χ4n) is 4.00. The number of fused-ring (bicyclic) bond motifs is 1. The van der Waals surface area contributed by atoms with Crippen LogP contribution in [0.5, 0.6) is 0 Å². The first kappa shape index (κ1) is 19.7. The first-order valence-corrected chi connectivity index (χ1v) is 10.4. The number of hydrogen-bond acceptors (Lipinski definition) is 4. The second kappa shape index (κ2) is 7.48. The van der Waals surface area contributed by atoms with Gasteiger partial charge in [-0.1, -0.05) is 47.5 Å². The molecule has 0 unspecified atom stereocenters. The minimum atomic E-state index is -0.835. The van der Waals surface area contributed by atoms with E-state index in [2.05, 4.69) is 15.0 Å². The molecule has 0 fully saturated rings. The molecule has 4 aromatic rings. The van der Waals surface area contributed by atoms with E-state index < -0.39 is 5.54 Å². The molecule has 154 valence electrons. The molecular weight excluding hydrogens is 433 g/mol. The van der Waals surface area contributed by atoms with Crippen LogP contribution in [0.25, 0.3) is 11.1 Å². The Morgan fingerprint density at radius 2 is 1.65 bits per heavy atom. The molecule has 0 aliphatic carbocycles. The highest BCUT2D eigenvalue weighted by molar-refractivity contribution is 6.35. The van der Waals surface area contributed by atoms with Crippen molar-refractivity contribution in [2.45, 2.75) is 18.9 Å². The van der Waals surface area contributed by atoms with E-state index in [1.54, 1.807) is 41.7 Å². The molecule has 6 nitrogen and oxygen atoms in total. The summed E-state index contributed by atoms with van der Waals surface area (Å²) in [5.74, 6) is 0.457. The minimum absolute atomic E-state index is 0.0885. The molecule has 3 heterocycles. The van der Waals surface area contributed by atoms with Crippen LogP contribution in [-0.4, -0.2) is 25.4 Å². The van der Waals surface area contributed by atoms with Crippen LogP contribution >= 0.6 is 23.2 Å². The number of imidazole rings is 1. The first-order chi connectivity index (χ1) is 15.0. The fourth-order valence-corrected chi connectivity index (χ4v) is 4.52. The van der Waals surface area contributed by atoms with Gasteiger partial charge in [0.05, 0.1) is 5.69 Å². The molecular formula is C23H17Cl2N5O. The molecule has 31 heavy (non-hydrogen) atoms. The van der Waals surface area contributed by atoms with Crippen LogP contribution in [0.3, 0.4) is 0 Å². The van der Waals surface area contributed by atoms with E-state index in [1.165, 1.54) is 6.33 Å². The smallest absolute Gasteiger partial charge is 0.260 e. The lowest BCUT2D eigenvalue weighted by Crippen LogP contribution is -2.40. The lowest BCUT2D eigenvalue weighted by molar-refractivity contribution is -0.123. The Balaban J connectivity index is 1.49. The van der Waals surface area contributed by atoms with Gasteiger partial charge in [0.15, 0.2) is 0 Å². The van der Waals surface area contributed by atoms with Gasteiger partial charge in [-0.25, -0.2) is 19.9 Å². The summed E-state index contributed by atoms with van der Waals surface area (Å²) in [5, 5.41) is 0.921. The molecule has 0 spiro atoms. The second-order valence-electron chi connectivity index (χ2n) is 7.64. The monoisotopic (exact) mass is 449 g/mol. The van der Waals surface area contributed by atoms with Crippen molar-refractivity contribution in [3.05, 3.63) is 89.2 Å². The van der Waals surface area contributed by atoms with Gasteiger partial charge in [0.1, 0.15) is 11.9 Å². The van der Waals surface area contributed by atoms with Gasteiger partial charge in [-0.15, -0.1) is 0 Å². The molecule has 5 rings (SSSR count). The third-order valence-electron chi connectivity index (χ3n) is 5.52. The van der Waals surface area contributed by atoms with Crippen molar-refractivity contribution in [3.63, 3.8) is 0 Å². The summed E-state index contributed by atoms with van der Waals surface area (Å²) in [5.41, 5.74) is 2.75. The van der Waals surface area contributed by atoms with Crippen molar-refractivity contribution in [3.8, 4) is 11.1 Å². The molecule has 2 aromatic carbocycles. The van der Waals surface area contributed by atoms with Crippen molar-refractivity contribution in [2.24, 2.45) is 0 Å². The van der Waals surface area contributed by atoms with Gasteiger partial charge in [0.2, 0.25) is 5.95 Å². The highest BCUT2D eigenvalue weighted by Crippen LogP contribution is 2.42. The maximum Gasteiger partial charge on any atom is 0.260 e. The Morgan fingerprint density at radius 1 is 0.968 bits per heavy atom. The SMILES string of the molecule is C[C@@]1(Cc2ccc(-c3cncnc3)cc2)C(=O)N(c2cc(Cl)cc(Cl)c2)c2nccn21. The summed E-state index contributed by atoms with van der Waals surface area (Å²) in [7, 11) is 0. The molecule has 2 aromatic heterocycles. The van der Waals surface area contributed by atoms with Gasteiger partial charge in [-0.3, -0.25) is 4.79 Å². The molecule has 0 N–H and O–H groups in total. The third-order valence-corrected chi connectivity index (χ3v) is 5.95. The van der Waals surface area contributed by atoms with Gasteiger partial charge in [0.25, 0.3) is 5.91 Å². The zero-order valence-corrected chi connectivity index (χ0v) is 18.0. The van der Waals surface area contributed by atoms with E-state index in [1.807, 2.05) is 42.0 Å². The number of anilines is 2. The van der Waals surface area contributed by atoms with Crippen LogP contribution in [0, 0.1) is 0 Å². The minimum Gasteiger partial charge on any atom is -0.301 e. The van der Waals surface area contributed by atoms with Gasteiger partial charge < -0.3 is 4.57 Å². The summed E-state index contributed by atoms with van der Waals surface area (Å²) < 4.78 is 1.91. The summed E-state index contributed by atoms with van der Waals surface area (Å²) >= 11 is 12.4. The van der Waals surface area contributed by atoms with E-state index in [9.17, 15) is 4.79 Å². The number of aromatic nitrogens is 4. The van der Waals surface area contributed by atoms with Gasteiger partial charge >= 0.3 is 0 Å². The van der Waals surface area contributed by atoms with E-state index >= 15 is 0 Å². The Morgan fingerprint density at radius 3 is 2.32 bits per heavy atom. The second-order valence-corrected chi connectivity index (χ2v) is 8.51. The van der Waals surface area contributed by atoms with E-state index in [4.69, 9.17) is 23.2 Å². The Hall–Kier alpha value is -3.22. The third kappa shape index (κ3) is 3.38. The standard InChI is InChI=1S/C23H17Cl2N5O/c1-23(11-15-2-4-16(5-3-15)17-12-26-14-27-13-17)21(31)30(22-28-6-7-29(22)23)20-9-18(24)8-19(25)10-20/h2-10,12-14H,11H2,1H3/t23-/m1/s1. The van der Waals surface area contributed by atoms with Crippen molar-refractivity contribution >= 4 is 40.7 Å². The van der Waals surface area contributed by atoms with Crippen molar-refractivity contribution < 1.29 is 4.79 Å². The largest absolute Gasteiger partial charge is 0.301 e. The Kier molecular flexibility index (Phi) is 4.76. The fraction of sp³-hybridized carbons (Fsp3) is 0.130. The predicted octanol–water partition coefficient (Wildman–Crippen LogP) is 5.28. The van der Waals surface area contributed by atoms with Gasteiger partial charge in [-0.2, -0.15) is 0 Å². The maximum absolute atomic E-state index is 13.6. The average Bonchev–Trinajstić information content (AvgIpc) is 3.31. The molecule has 0 bridgehead atoms. The zero-order valence-electron chi connectivity index (χ0n) is 16.5. The lowest BCUT2D eigenvalue weighted by Gasteiger charge is -2.25. The summed E-state index contributed by atoms with van der Waals surface area (Å²) in [6.45, 7) is 1.92. The molecule has 1 amide bonds. The number of carbonyl (C=O) groups is 1. The highest BCUT2D eigenvalue weighted by Gasteiger charge is 2.48. The number of hydrogen-bond donors (Lipinski definition) is 0. The zero-order chi connectivity index (χ0) is 21.6. The maximum atomic E-state index is 13.6. The number of halogens is 2. The molecule has 0 radical (unpaired) electrons. The molecule has 1 aliphatic rings. The van der Waals surface area contributed by atoms with Gasteiger partial charge in [-0.05, 0) is 36.2 Å². The molecule has 0 saturated carbocycles. The van der Waals surface area contributed by atoms with Crippen molar-refractivity contribution in [1.29, 1.82) is 0 Å². The normalized spacial score (nSPS) is 17.8. The molecule has 8 heteroatoms. The first-order valence-electron chi connectivity index (χ1n) is 9.64. The number of benzene rings is 2. The number of rotatable bonds is 4. The van der Waals surface area contributed by atoms with Crippen molar-refractivity contribution in [1.82, 2.24) is 19.5 Å². The summed E-state index contributed by atoms with van der Waals surface area (Å²) in [6, 6.07) is 13.1. The van der Waals surface area contributed by atoms with Crippen molar-refractivity contribution in [2.75, 3.05) is 4.90 Å². The highest BCUT2D eigenvalue weighted by atomic mass is 35.5. The topological polar surface area (TPSA) is 63.9 Å². The number of amides is 1. The quantitative estimate of drug-likeness (QED) is 0.424. The van der Waals surface area contributed by atoms with Crippen LogP contribution < -0.4 is 4.90 Å². The van der Waals surface area contributed by atoms with E-state index in [0.717, 1.165) is 16.7 Å². The van der Waals surface area contributed by atoms with Crippen LogP contribution in [-0.2, 0) is 16.8 Å². The number of nitrogens with zero attached hydrogens (tertiary/aromatic N) is 5. The summed E-state index contributed by atoms with van der Waals surface area (Å²) in [6.07, 6.45) is 9.08. The average molecular weight is 450 g/mol. The van der Waals surface area contributed by atoms with E-state index in [-0.39, 0.29) is 5.91 Å². The predicted molar refractivity (Wildman–Crippen MR) is 121 cm³/mol. The molecule has 1 aliphatic heterocycles. The van der Waals surface area contributed by atoms with Crippen LogP contribution in [0.2, 0.25) is 10.0 Å². The number of carbonyl (C=O) groups excluding carboxylic acids is 1. The van der Waals surface area contributed by atoms with Crippen LogP contribution in [0.15, 0.2) is 73.6 Å². The Bertz CT molecular complexity index is 1250. The molecule has 1 atom stereocenters. The molecule has 0 saturated heterocycles. The lowest BCUT2D eigenvalue weighted by atomic mass is 9.91. The van der Waals surface area contributed by atoms with E-state index in [0.29, 0.717) is 28.1 Å². The van der Waals surface area contributed by atoms with Gasteiger partial charge in [0, 0.05) is 46.8 Å². The Labute approximate surface area is 189 Å². The summed E-state index contributed by atoms with van der Waals surface area (Å²) in [4.78, 5) is 27.8. The van der Waals surface area contributed by atoms with Crippen LogP contribution in [0.1, 0.15) is 12.5 Å².